The van der Waals surface area contributed by atoms with Gasteiger partial charge in [-0.05, 0) is 55.8 Å². The second kappa shape index (κ2) is 8.08. The van der Waals surface area contributed by atoms with Crippen LogP contribution in [0.2, 0.25) is 0 Å². The minimum atomic E-state index is -0.713. The fourth-order valence-corrected chi connectivity index (χ4v) is 7.21. The summed E-state index contributed by atoms with van der Waals surface area (Å²) in [7, 11) is 0. The van der Waals surface area contributed by atoms with Crippen molar-refractivity contribution in [2.45, 2.75) is 95.5 Å². The molecule has 4 aliphatic rings. The summed E-state index contributed by atoms with van der Waals surface area (Å²) in [5, 5.41) is 31.3. The van der Waals surface area contributed by atoms with E-state index >= 15 is 0 Å². The Morgan fingerprint density at radius 1 is 1.07 bits per heavy atom. The van der Waals surface area contributed by atoms with Crippen molar-refractivity contribution in [2.24, 2.45) is 29.6 Å². The molecular weight excluding hydrogens is 354 g/mol. The highest BCUT2D eigenvalue weighted by Gasteiger charge is 2.55. The SMILES string of the molecule is CC1CCCC(C)C1[C@@H](O)/C=C/[C@@H]1[C@H]2CC3CCCC(C(=O)O)N3[C@@H]2C[C@H]1O. The van der Waals surface area contributed by atoms with Gasteiger partial charge in [0, 0.05) is 18.0 Å². The summed E-state index contributed by atoms with van der Waals surface area (Å²) in [4.78, 5) is 14.0. The molecule has 2 aliphatic carbocycles. The van der Waals surface area contributed by atoms with Gasteiger partial charge in [-0.25, -0.2) is 0 Å². The highest BCUT2D eigenvalue weighted by atomic mass is 16.4. The molecule has 158 valence electrons. The van der Waals surface area contributed by atoms with Gasteiger partial charge in [-0.2, -0.15) is 0 Å². The van der Waals surface area contributed by atoms with Gasteiger partial charge in [0.25, 0.3) is 0 Å². The first-order chi connectivity index (χ1) is 13.4. The number of aliphatic hydroxyl groups excluding tert-OH is 2. The average molecular weight is 392 g/mol. The van der Waals surface area contributed by atoms with E-state index in [-0.39, 0.29) is 12.0 Å². The molecule has 4 fully saturated rings. The summed E-state index contributed by atoms with van der Waals surface area (Å²) in [6, 6.07) is 0.121. The van der Waals surface area contributed by atoms with E-state index in [4.69, 9.17) is 0 Å². The Bertz CT molecular complexity index is 597. The molecule has 0 aromatic rings. The van der Waals surface area contributed by atoms with Crippen LogP contribution in [-0.4, -0.2) is 56.5 Å². The number of nitrogens with zero attached hydrogens (tertiary/aromatic N) is 1. The van der Waals surface area contributed by atoms with Crippen LogP contribution in [0.15, 0.2) is 12.2 Å². The van der Waals surface area contributed by atoms with E-state index in [0.29, 0.717) is 36.1 Å². The van der Waals surface area contributed by atoms with E-state index in [1.807, 2.05) is 6.08 Å². The quantitative estimate of drug-likeness (QED) is 0.642. The lowest BCUT2D eigenvalue weighted by Gasteiger charge is -2.38. The Balaban J connectivity index is 1.47. The largest absolute Gasteiger partial charge is 0.480 e. The van der Waals surface area contributed by atoms with Gasteiger partial charge in [0.2, 0.25) is 0 Å². The monoisotopic (exact) mass is 391 g/mol. The second-order valence-corrected chi connectivity index (χ2v) is 10.1. The Hall–Kier alpha value is -0.910. The van der Waals surface area contributed by atoms with Crippen LogP contribution in [0, 0.1) is 29.6 Å². The number of fused-ring (bicyclic) bond motifs is 3. The number of carboxylic acid groups (broad SMARTS) is 1. The van der Waals surface area contributed by atoms with Crippen molar-refractivity contribution in [3.8, 4) is 0 Å². The minimum Gasteiger partial charge on any atom is -0.480 e. The molecule has 3 N–H and O–H groups in total. The maximum absolute atomic E-state index is 11.7. The second-order valence-electron chi connectivity index (χ2n) is 10.1. The Morgan fingerprint density at radius 3 is 2.43 bits per heavy atom. The van der Waals surface area contributed by atoms with Gasteiger partial charge >= 0.3 is 5.97 Å². The van der Waals surface area contributed by atoms with E-state index in [1.54, 1.807) is 0 Å². The van der Waals surface area contributed by atoms with Crippen molar-refractivity contribution in [1.29, 1.82) is 0 Å². The predicted octanol–water partition coefficient (Wildman–Crippen LogP) is 3.05. The Kier molecular flexibility index (Phi) is 5.88. The van der Waals surface area contributed by atoms with Gasteiger partial charge in [-0.3, -0.25) is 9.69 Å². The summed E-state index contributed by atoms with van der Waals surface area (Å²) >= 11 is 0. The molecule has 4 rings (SSSR count). The number of rotatable bonds is 4. The molecule has 9 atom stereocenters. The van der Waals surface area contributed by atoms with Gasteiger partial charge in [-0.1, -0.05) is 45.3 Å². The lowest BCUT2D eigenvalue weighted by molar-refractivity contribution is -0.146. The van der Waals surface area contributed by atoms with E-state index in [9.17, 15) is 20.1 Å². The van der Waals surface area contributed by atoms with Crippen LogP contribution in [0.3, 0.4) is 0 Å². The van der Waals surface area contributed by atoms with E-state index < -0.39 is 24.2 Å². The average Bonchev–Trinajstić information content (AvgIpc) is 3.14. The fraction of sp³-hybridized carbons (Fsp3) is 0.870. The van der Waals surface area contributed by atoms with Gasteiger partial charge in [-0.15, -0.1) is 0 Å². The number of hydrogen-bond acceptors (Lipinski definition) is 4. The molecule has 0 spiro atoms. The smallest absolute Gasteiger partial charge is 0.320 e. The van der Waals surface area contributed by atoms with Crippen molar-refractivity contribution in [3.05, 3.63) is 12.2 Å². The van der Waals surface area contributed by atoms with E-state index in [0.717, 1.165) is 25.7 Å². The van der Waals surface area contributed by atoms with Crippen LogP contribution < -0.4 is 0 Å². The number of aliphatic carboxylic acids is 1. The van der Waals surface area contributed by atoms with Crippen molar-refractivity contribution in [3.63, 3.8) is 0 Å². The summed E-state index contributed by atoms with van der Waals surface area (Å²) in [5.74, 6) is 0.988. The van der Waals surface area contributed by atoms with Crippen LogP contribution >= 0.6 is 0 Å². The van der Waals surface area contributed by atoms with Crippen molar-refractivity contribution in [1.82, 2.24) is 4.90 Å². The van der Waals surface area contributed by atoms with Crippen molar-refractivity contribution >= 4 is 5.97 Å². The first kappa shape index (κ1) is 20.4. The normalized spacial score (nSPS) is 47.8. The molecule has 0 aromatic carbocycles. The molecular formula is C23H37NO4. The zero-order valence-corrected chi connectivity index (χ0v) is 17.3. The van der Waals surface area contributed by atoms with E-state index in [2.05, 4.69) is 24.8 Å². The third-order valence-electron chi connectivity index (χ3n) is 8.48. The Labute approximate surface area is 168 Å². The maximum atomic E-state index is 11.7. The third-order valence-corrected chi connectivity index (χ3v) is 8.48. The topological polar surface area (TPSA) is 81.0 Å². The van der Waals surface area contributed by atoms with Gasteiger partial charge < -0.3 is 15.3 Å². The van der Waals surface area contributed by atoms with Crippen molar-refractivity contribution < 1.29 is 20.1 Å². The van der Waals surface area contributed by atoms with Crippen LogP contribution in [0.4, 0.5) is 0 Å². The lowest BCUT2D eigenvalue weighted by Crippen LogP contribution is -2.51. The van der Waals surface area contributed by atoms with Gasteiger partial charge in [0.05, 0.1) is 12.2 Å². The first-order valence-electron chi connectivity index (χ1n) is 11.4. The summed E-state index contributed by atoms with van der Waals surface area (Å²) in [6.07, 6.45) is 11.2. The number of hydrogen-bond donors (Lipinski definition) is 3. The van der Waals surface area contributed by atoms with Crippen molar-refractivity contribution in [2.75, 3.05) is 0 Å². The highest BCUT2D eigenvalue weighted by Crippen LogP contribution is 2.49. The number of piperidine rings is 1. The molecule has 5 nitrogen and oxygen atoms in total. The molecule has 5 heteroatoms. The zero-order chi connectivity index (χ0) is 20.0. The molecule has 28 heavy (non-hydrogen) atoms. The molecule has 4 unspecified atom stereocenters. The number of aliphatic hydroxyl groups is 2. The molecule has 0 bridgehead atoms. The molecule has 0 amide bonds. The molecule has 2 saturated heterocycles. The molecule has 0 radical (unpaired) electrons. The summed E-state index contributed by atoms with van der Waals surface area (Å²) in [6.45, 7) is 4.50. The molecule has 2 saturated carbocycles. The van der Waals surface area contributed by atoms with Gasteiger partial charge in [0.1, 0.15) is 6.04 Å². The number of carbonyl (C=O) groups is 1. The molecule has 2 heterocycles. The minimum absolute atomic E-state index is 0.0360. The van der Waals surface area contributed by atoms with Crippen LogP contribution in [0.25, 0.3) is 0 Å². The Morgan fingerprint density at radius 2 is 1.75 bits per heavy atom. The molecule has 2 aliphatic heterocycles. The standard InChI is InChI=1S/C23H37NO4/c1-13-5-3-6-14(2)22(13)20(25)10-9-16-17-11-15-7-4-8-18(23(27)28)24(15)19(17)12-21(16)26/h9-10,13-22,25-26H,3-8,11-12H2,1-2H3,(H,27,28)/b10-9+/t13?,14?,15?,16-,17-,18?,19-,20+,21-,22?/m1/s1. The first-order valence-corrected chi connectivity index (χ1v) is 11.4. The summed E-state index contributed by atoms with van der Waals surface area (Å²) in [5.41, 5.74) is 0. The third kappa shape index (κ3) is 3.54. The predicted molar refractivity (Wildman–Crippen MR) is 108 cm³/mol. The zero-order valence-electron chi connectivity index (χ0n) is 17.3. The molecule has 0 aromatic heterocycles. The maximum Gasteiger partial charge on any atom is 0.320 e. The van der Waals surface area contributed by atoms with Gasteiger partial charge in [0.15, 0.2) is 0 Å². The number of carboxylic acids is 1. The highest BCUT2D eigenvalue weighted by molar-refractivity contribution is 5.73. The van der Waals surface area contributed by atoms with E-state index in [1.165, 1.54) is 19.3 Å². The van der Waals surface area contributed by atoms with Crippen LogP contribution in [0.5, 0.6) is 0 Å². The summed E-state index contributed by atoms with van der Waals surface area (Å²) < 4.78 is 0. The fourth-order valence-electron chi connectivity index (χ4n) is 7.21. The van der Waals surface area contributed by atoms with Crippen LogP contribution in [-0.2, 0) is 4.79 Å². The van der Waals surface area contributed by atoms with Crippen LogP contribution in [0.1, 0.15) is 65.2 Å². The lowest BCUT2D eigenvalue weighted by atomic mass is 9.70.